The van der Waals surface area contributed by atoms with Gasteiger partial charge in [0, 0.05) is 31.1 Å². The van der Waals surface area contributed by atoms with E-state index < -0.39 is 0 Å². The van der Waals surface area contributed by atoms with Crippen LogP contribution in [0.4, 0.5) is 5.82 Å². The number of aliphatic hydroxyl groups excluding tert-OH is 1. The Morgan fingerprint density at radius 2 is 2.25 bits per heavy atom. The van der Waals surface area contributed by atoms with Gasteiger partial charge in [-0.3, -0.25) is 4.90 Å². The molecule has 0 amide bonds. The van der Waals surface area contributed by atoms with E-state index in [-0.39, 0.29) is 6.10 Å². The molecule has 0 aliphatic carbocycles. The number of rotatable bonds is 3. The molecule has 2 aromatic rings. The van der Waals surface area contributed by atoms with E-state index in [9.17, 15) is 5.11 Å². The number of hydrogen-bond donors (Lipinski definition) is 2. The van der Waals surface area contributed by atoms with Gasteiger partial charge in [0.2, 0.25) is 0 Å². The van der Waals surface area contributed by atoms with Crippen molar-refractivity contribution in [1.29, 1.82) is 0 Å². The highest BCUT2D eigenvalue weighted by Crippen LogP contribution is 2.23. The Morgan fingerprint density at radius 1 is 1.40 bits per heavy atom. The Balaban J connectivity index is 1.89. The molecule has 4 heteroatoms. The van der Waals surface area contributed by atoms with Crippen molar-refractivity contribution in [1.82, 2.24) is 9.88 Å². The first-order valence-corrected chi connectivity index (χ1v) is 7.23. The molecule has 106 valence electrons. The van der Waals surface area contributed by atoms with E-state index in [2.05, 4.69) is 27.3 Å². The standard InChI is InChI=1S/C16H21N3O/c1-17-16-13(10-19-8-4-6-14(20)11-19)9-12-5-2-3-7-15(12)18-16/h2-3,5,7,9,14,20H,4,6,8,10-11H2,1H3,(H,17,18). The average Bonchev–Trinajstić information content (AvgIpc) is 2.46. The molecule has 20 heavy (non-hydrogen) atoms. The molecule has 2 N–H and O–H groups in total. The first kappa shape index (κ1) is 13.3. The van der Waals surface area contributed by atoms with Gasteiger partial charge >= 0.3 is 0 Å². The second-order valence-electron chi connectivity index (χ2n) is 5.47. The van der Waals surface area contributed by atoms with Gasteiger partial charge in [0.15, 0.2) is 0 Å². The second-order valence-corrected chi connectivity index (χ2v) is 5.47. The number of pyridine rings is 1. The highest BCUT2D eigenvalue weighted by atomic mass is 16.3. The molecular weight excluding hydrogens is 250 g/mol. The van der Waals surface area contributed by atoms with Crippen LogP contribution in [0.25, 0.3) is 10.9 Å². The molecular formula is C16H21N3O. The van der Waals surface area contributed by atoms with E-state index >= 15 is 0 Å². The summed E-state index contributed by atoms with van der Waals surface area (Å²) in [6.07, 6.45) is 1.80. The van der Waals surface area contributed by atoms with E-state index in [1.807, 2.05) is 25.2 Å². The van der Waals surface area contributed by atoms with Gasteiger partial charge in [-0.15, -0.1) is 0 Å². The van der Waals surface area contributed by atoms with Gasteiger partial charge in [-0.2, -0.15) is 0 Å². The maximum Gasteiger partial charge on any atom is 0.130 e. The lowest BCUT2D eigenvalue weighted by Gasteiger charge is -2.30. The zero-order valence-corrected chi connectivity index (χ0v) is 11.8. The topological polar surface area (TPSA) is 48.4 Å². The van der Waals surface area contributed by atoms with Crippen molar-refractivity contribution < 1.29 is 5.11 Å². The third-order valence-electron chi connectivity index (χ3n) is 3.91. The summed E-state index contributed by atoms with van der Waals surface area (Å²) in [5.41, 5.74) is 2.21. The summed E-state index contributed by atoms with van der Waals surface area (Å²) < 4.78 is 0. The number of anilines is 1. The Labute approximate surface area is 119 Å². The van der Waals surface area contributed by atoms with Crippen LogP contribution in [0.2, 0.25) is 0 Å². The molecule has 0 radical (unpaired) electrons. The maximum absolute atomic E-state index is 9.78. The number of nitrogens with zero attached hydrogens (tertiary/aromatic N) is 2. The number of β-amino-alcohol motifs (C(OH)–C–C–N with tert-alkyl or cyclic N) is 1. The molecule has 0 bridgehead atoms. The van der Waals surface area contributed by atoms with Crippen molar-refractivity contribution in [3.8, 4) is 0 Å². The second kappa shape index (κ2) is 5.77. The molecule has 1 aromatic carbocycles. The Morgan fingerprint density at radius 3 is 3.05 bits per heavy atom. The average molecular weight is 271 g/mol. The zero-order valence-electron chi connectivity index (χ0n) is 11.8. The number of para-hydroxylation sites is 1. The van der Waals surface area contributed by atoms with Crippen LogP contribution in [0.15, 0.2) is 30.3 Å². The molecule has 0 saturated carbocycles. The SMILES string of the molecule is CNc1nc2ccccc2cc1CN1CCCC(O)C1. The van der Waals surface area contributed by atoms with Gasteiger partial charge in [0.1, 0.15) is 5.82 Å². The Bertz CT molecular complexity index is 599. The smallest absolute Gasteiger partial charge is 0.130 e. The van der Waals surface area contributed by atoms with Gasteiger partial charge in [-0.25, -0.2) is 4.98 Å². The van der Waals surface area contributed by atoms with Crippen LogP contribution in [0, 0.1) is 0 Å². The quantitative estimate of drug-likeness (QED) is 0.899. The summed E-state index contributed by atoms with van der Waals surface area (Å²) in [6, 6.07) is 10.4. The van der Waals surface area contributed by atoms with Crippen LogP contribution in [0.5, 0.6) is 0 Å². The predicted molar refractivity (Wildman–Crippen MR) is 81.8 cm³/mol. The minimum atomic E-state index is -0.185. The van der Waals surface area contributed by atoms with Crippen LogP contribution >= 0.6 is 0 Å². The van der Waals surface area contributed by atoms with E-state index in [0.717, 1.165) is 43.8 Å². The summed E-state index contributed by atoms with van der Waals surface area (Å²) in [5, 5.41) is 14.1. The van der Waals surface area contributed by atoms with Crippen molar-refractivity contribution >= 4 is 16.7 Å². The summed E-state index contributed by atoms with van der Waals surface area (Å²) in [5.74, 6) is 0.934. The summed E-state index contributed by atoms with van der Waals surface area (Å²) in [4.78, 5) is 6.98. The minimum Gasteiger partial charge on any atom is -0.392 e. The predicted octanol–water partition coefficient (Wildman–Crippen LogP) is 2.23. The zero-order chi connectivity index (χ0) is 13.9. The molecule has 1 aliphatic heterocycles. The molecule has 2 heterocycles. The number of likely N-dealkylation sites (tertiary alicyclic amines) is 1. The number of aromatic nitrogens is 1. The number of hydrogen-bond acceptors (Lipinski definition) is 4. The molecule has 1 fully saturated rings. The van der Waals surface area contributed by atoms with Crippen LogP contribution in [0.3, 0.4) is 0 Å². The Hall–Kier alpha value is -1.65. The molecule has 1 atom stereocenters. The van der Waals surface area contributed by atoms with Crippen LogP contribution in [0.1, 0.15) is 18.4 Å². The maximum atomic E-state index is 9.78. The van der Waals surface area contributed by atoms with E-state index in [1.54, 1.807) is 0 Å². The third kappa shape index (κ3) is 2.76. The van der Waals surface area contributed by atoms with Crippen molar-refractivity contribution in [3.05, 3.63) is 35.9 Å². The number of aliphatic hydroxyl groups is 1. The fraction of sp³-hybridized carbons (Fsp3) is 0.438. The van der Waals surface area contributed by atoms with Crippen molar-refractivity contribution in [2.45, 2.75) is 25.5 Å². The van der Waals surface area contributed by atoms with Crippen LogP contribution in [-0.4, -0.2) is 41.2 Å². The third-order valence-corrected chi connectivity index (χ3v) is 3.91. The van der Waals surface area contributed by atoms with E-state index in [0.29, 0.717) is 0 Å². The fourth-order valence-electron chi connectivity index (χ4n) is 2.91. The van der Waals surface area contributed by atoms with Crippen molar-refractivity contribution in [3.63, 3.8) is 0 Å². The molecule has 1 unspecified atom stereocenters. The van der Waals surface area contributed by atoms with Crippen molar-refractivity contribution in [2.24, 2.45) is 0 Å². The highest BCUT2D eigenvalue weighted by molar-refractivity contribution is 5.81. The normalized spacial score (nSPS) is 20.2. The van der Waals surface area contributed by atoms with Crippen LogP contribution in [-0.2, 0) is 6.54 Å². The molecule has 1 saturated heterocycles. The van der Waals surface area contributed by atoms with Crippen LogP contribution < -0.4 is 5.32 Å². The molecule has 4 nitrogen and oxygen atoms in total. The Kier molecular flexibility index (Phi) is 3.85. The number of benzene rings is 1. The number of fused-ring (bicyclic) bond motifs is 1. The van der Waals surface area contributed by atoms with E-state index in [4.69, 9.17) is 0 Å². The monoisotopic (exact) mass is 271 g/mol. The minimum absolute atomic E-state index is 0.185. The number of piperidine rings is 1. The largest absolute Gasteiger partial charge is 0.392 e. The first-order chi connectivity index (χ1) is 9.76. The summed E-state index contributed by atoms with van der Waals surface area (Å²) in [7, 11) is 1.91. The van der Waals surface area contributed by atoms with E-state index in [1.165, 1.54) is 10.9 Å². The van der Waals surface area contributed by atoms with Crippen molar-refractivity contribution in [2.75, 3.05) is 25.5 Å². The molecule has 3 rings (SSSR count). The van der Waals surface area contributed by atoms with Gasteiger partial charge < -0.3 is 10.4 Å². The van der Waals surface area contributed by atoms with Gasteiger partial charge in [0.05, 0.1) is 11.6 Å². The summed E-state index contributed by atoms with van der Waals surface area (Å²) >= 11 is 0. The van der Waals surface area contributed by atoms with Gasteiger partial charge in [-0.05, 0) is 31.5 Å². The lowest BCUT2D eigenvalue weighted by molar-refractivity contribution is 0.0669. The number of nitrogens with one attached hydrogen (secondary N) is 1. The lowest BCUT2D eigenvalue weighted by atomic mass is 10.1. The van der Waals surface area contributed by atoms with Gasteiger partial charge in [0.25, 0.3) is 0 Å². The molecule has 1 aromatic heterocycles. The first-order valence-electron chi connectivity index (χ1n) is 7.23. The lowest BCUT2D eigenvalue weighted by Crippen LogP contribution is -2.37. The fourth-order valence-corrected chi connectivity index (χ4v) is 2.91. The molecule has 0 spiro atoms. The highest BCUT2D eigenvalue weighted by Gasteiger charge is 2.19. The van der Waals surface area contributed by atoms with Gasteiger partial charge in [-0.1, -0.05) is 18.2 Å². The molecule has 1 aliphatic rings. The summed E-state index contributed by atoms with van der Waals surface area (Å²) in [6.45, 7) is 2.65.